The number of aliphatic hydroxyl groups is 1. The molecule has 0 amide bonds. The van der Waals surface area contributed by atoms with Crippen molar-refractivity contribution >= 4 is 29.5 Å². The average Bonchev–Trinajstić information content (AvgIpc) is 3.26. The molecule has 1 aliphatic carbocycles. The van der Waals surface area contributed by atoms with E-state index in [1.807, 2.05) is 0 Å². The zero-order valence-corrected chi connectivity index (χ0v) is 20.4. The summed E-state index contributed by atoms with van der Waals surface area (Å²) >= 11 is 5.93. The zero-order chi connectivity index (χ0) is 25.3. The lowest BCUT2D eigenvalue weighted by Crippen LogP contribution is -2.49. The third-order valence-electron chi connectivity index (χ3n) is 7.36. The molecule has 2 fully saturated rings. The van der Waals surface area contributed by atoms with Crippen molar-refractivity contribution in [2.24, 2.45) is 28.6 Å². The van der Waals surface area contributed by atoms with Crippen molar-refractivity contribution in [3.8, 4) is 0 Å². The summed E-state index contributed by atoms with van der Waals surface area (Å²) in [7, 11) is 3.88. The van der Waals surface area contributed by atoms with Gasteiger partial charge in [0, 0.05) is 35.4 Å². The Hall–Kier alpha value is -2.24. The molecule has 10 nitrogen and oxygen atoms in total. The van der Waals surface area contributed by atoms with Gasteiger partial charge in [0.15, 0.2) is 6.29 Å². The number of carbonyl (C=O) groups is 3. The predicted molar refractivity (Wildman–Crippen MR) is 116 cm³/mol. The number of methoxy groups -OCH3 is 3. The maximum atomic E-state index is 13.4. The summed E-state index contributed by atoms with van der Waals surface area (Å²) in [4.78, 5) is 48.8. The lowest BCUT2D eigenvalue weighted by atomic mass is 9.63. The minimum atomic E-state index is -1.63. The quantitative estimate of drug-likeness (QED) is 0.246. The van der Waals surface area contributed by atoms with Gasteiger partial charge in [-0.3, -0.25) is 14.5 Å². The fourth-order valence-electron chi connectivity index (χ4n) is 5.50. The number of halogens is 1. The van der Waals surface area contributed by atoms with Crippen molar-refractivity contribution in [3.63, 3.8) is 0 Å². The molecule has 2 aliphatic rings. The third kappa shape index (κ3) is 4.29. The molecule has 6 unspecified atom stereocenters. The van der Waals surface area contributed by atoms with Crippen LogP contribution >= 0.6 is 11.6 Å². The van der Waals surface area contributed by atoms with Crippen LogP contribution in [0.1, 0.15) is 32.1 Å². The van der Waals surface area contributed by atoms with Gasteiger partial charge in [0.25, 0.3) is 0 Å². The molecule has 0 aromatic heterocycles. The number of rotatable bonds is 8. The number of carbonyl (C=O) groups excluding carboxylic acids is 3. The normalized spacial score (nSPS) is 33.1. The Kier molecular flexibility index (Phi) is 7.89. The second kappa shape index (κ2) is 10.2. The monoisotopic (exact) mass is 500 g/mol. The van der Waals surface area contributed by atoms with Crippen molar-refractivity contribution < 1.29 is 48.2 Å². The number of hydrogen-bond acceptors (Lipinski definition) is 10. The molecule has 1 aliphatic heterocycles. The topological polar surface area (TPSA) is 127 Å². The maximum Gasteiger partial charge on any atom is 0.347 e. The van der Waals surface area contributed by atoms with Gasteiger partial charge < -0.3 is 24.1 Å². The molecule has 1 aromatic rings. The van der Waals surface area contributed by atoms with E-state index in [0.717, 1.165) is 0 Å². The van der Waals surface area contributed by atoms with Crippen molar-refractivity contribution in [1.82, 2.24) is 0 Å². The molecule has 0 bridgehead atoms. The number of esters is 2. The summed E-state index contributed by atoms with van der Waals surface area (Å²) < 4.78 is 21.2. The molecule has 0 spiro atoms. The van der Waals surface area contributed by atoms with Gasteiger partial charge in [-0.05, 0) is 25.0 Å². The number of ether oxygens (including phenoxy) is 4. The van der Waals surface area contributed by atoms with Gasteiger partial charge in [-0.25, -0.2) is 4.79 Å². The lowest BCUT2D eigenvalue weighted by molar-refractivity contribution is -0.350. The van der Waals surface area contributed by atoms with Crippen molar-refractivity contribution in [2.75, 3.05) is 27.9 Å². The molecule has 1 saturated heterocycles. The van der Waals surface area contributed by atoms with E-state index in [2.05, 4.69) is 0 Å². The molecule has 1 N–H and O–H groups in total. The van der Waals surface area contributed by atoms with Gasteiger partial charge in [-0.2, -0.15) is 0 Å². The van der Waals surface area contributed by atoms with E-state index in [1.165, 1.54) is 33.5 Å². The molecule has 11 heteroatoms. The Morgan fingerprint density at radius 1 is 1.21 bits per heavy atom. The van der Waals surface area contributed by atoms with Gasteiger partial charge in [-0.15, -0.1) is 4.89 Å². The zero-order valence-electron chi connectivity index (χ0n) is 19.6. The SMILES string of the molecule is COC(=O)CC1C(C(=O)OOC(O)c2cccc(Cl)c2)C(C)(C(=O)OC)[C@]2(C)COC(OC)C12. The van der Waals surface area contributed by atoms with E-state index in [0.29, 0.717) is 5.02 Å². The fourth-order valence-corrected chi connectivity index (χ4v) is 5.69. The van der Waals surface area contributed by atoms with Gasteiger partial charge in [0.1, 0.15) is 0 Å². The minimum Gasteiger partial charge on any atom is -0.469 e. The van der Waals surface area contributed by atoms with Crippen LogP contribution in [0.15, 0.2) is 24.3 Å². The smallest absolute Gasteiger partial charge is 0.347 e. The largest absolute Gasteiger partial charge is 0.469 e. The Labute approximate surface area is 202 Å². The third-order valence-corrected chi connectivity index (χ3v) is 7.59. The molecule has 3 rings (SSSR count). The molecular weight excluding hydrogens is 472 g/mol. The van der Waals surface area contributed by atoms with E-state index in [4.69, 9.17) is 40.3 Å². The van der Waals surface area contributed by atoms with Crippen molar-refractivity contribution in [1.29, 1.82) is 0 Å². The van der Waals surface area contributed by atoms with Crippen molar-refractivity contribution in [3.05, 3.63) is 34.9 Å². The van der Waals surface area contributed by atoms with E-state index in [1.54, 1.807) is 26.0 Å². The van der Waals surface area contributed by atoms with Crippen LogP contribution in [0.4, 0.5) is 0 Å². The highest BCUT2D eigenvalue weighted by Gasteiger charge is 2.75. The van der Waals surface area contributed by atoms with Gasteiger partial charge in [0.05, 0.1) is 32.2 Å². The predicted octanol–water partition coefficient (Wildman–Crippen LogP) is 2.42. The summed E-state index contributed by atoms with van der Waals surface area (Å²) in [5.74, 6) is -4.72. The highest BCUT2D eigenvalue weighted by molar-refractivity contribution is 6.30. The highest BCUT2D eigenvalue weighted by Crippen LogP contribution is 2.67. The summed E-state index contributed by atoms with van der Waals surface area (Å²) in [6.45, 7) is 3.44. The Bertz CT molecular complexity index is 938. The summed E-state index contributed by atoms with van der Waals surface area (Å²) in [5, 5.41) is 10.7. The molecule has 1 aromatic carbocycles. The van der Waals surface area contributed by atoms with Crippen LogP contribution in [-0.4, -0.2) is 57.2 Å². The van der Waals surface area contributed by atoms with Crippen LogP contribution in [0.3, 0.4) is 0 Å². The number of fused-ring (bicyclic) bond motifs is 1. The summed E-state index contributed by atoms with van der Waals surface area (Å²) in [5.41, 5.74) is -2.17. The first-order valence-corrected chi connectivity index (χ1v) is 11.0. The first-order chi connectivity index (χ1) is 16.0. The van der Waals surface area contributed by atoms with E-state index < -0.39 is 59.1 Å². The Balaban J connectivity index is 1.96. The van der Waals surface area contributed by atoms with Crippen LogP contribution < -0.4 is 0 Å². The lowest BCUT2D eigenvalue weighted by Gasteiger charge is -2.39. The molecule has 7 atom stereocenters. The number of hydrogen-bond donors (Lipinski definition) is 1. The molecule has 0 radical (unpaired) electrons. The van der Waals surface area contributed by atoms with Crippen LogP contribution in [0, 0.1) is 28.6 Å². The number of benzene rings is 1. The number of aliphatic hydroxyl groups excluding tert-OH is 1. The summed E-state index contributed by atoms with van der Waals surface area (Å²) in [6.07, 6.45) is -2.61. The van der Waals surface area contributed by atoms with Crippen molar-refractivity contribution in [2.45, 2.75) is 32.8 Å². The Morgan fingerprint density at radius 3 is 2.50 bits per heavy atom. The highest BCUT2D eigenvalue weighted by atomic mass is 35.5. The molecular formula is C23H29ClO10. The molecule has 1 saturated carbocycles. The van der Waals surface area contributed by atoms with Crippen LogP contribution in [-0.2, 0) is 43.1 Å². The van der Waals surface area contributed by atoms with Crippen LogP contribution in [0.25, 0.3) is 0 Å². The summed E-state index contributed by atoms with van der Waals surface area (Å²) in [6, 6.07) is 6.18. The van der Waals surface area contributed by atoms with Crippen LogP contribution in [0.5, 0.6) is 0 Å². The van der Waals surface area contributed by atoms with E-state index >= 15 is 0 Å². The van der Waals surface area contributed by atoms with Gasteiger partial charge in [0.2, 0.25) is 6.29 Å². The first-order valence-electron chi connectivity index (χ1n) is 10.7. The van der Waals surface area contributed by atoms with Crippen LogP contribution in [0.2, 0.25) is 5.02 Å². The average molecular weight is 501 g/mol. The van der Waals surface area contributed by atoms with E-state index in [9.17, 15) is 19.5 Å². The second-order valence-corrected chi connectivity index (χ2v) is 9.32. The van der Waals surface area contributed by atoms with E-state index in [-0.39, 0.29) is 18.6 Å². The minimum absolute atomic E-state index is 0.0786. The standard InChI is InChI=1S/C23H29ClO10/c1-22-11-32-20(30-4)17(22)14(10-15(25)29-3)16(23(22,2)21(28)31-5)19(27)34-33-18(26)12-7-6-8-13(24)9-12/h6-9,14,16-18,20,26H,10-11H2,1-5H3/t14?,16?,17?,18?,20?,22-,23?/m1/s1. The first kappa shape index (κ1) is 26.4. The maximum absolute atomic E-state index is 13.4. The Morgan fingerprint density at radius 2 is 1.91 bits per heavy atom. The van der Waals surface area contributed by atoms with Gasteiger partial charge in [-0.1, -0.05) is 30.7 Å². The molecule has 1 heterocycles. The molecule has 188 valence electrons. The second-order valence-electron chi connectivity index (χ2n) is 8.88. The fraction of sp³-hybridized carbons (Fsp3) is 0.609. The van der Waals surface area contributed by atoms with Gasteiger partial charge >= 0.3 is 17.9 Å². The molecule has 34 heavy (non-hydrogen) atoms.